The van der Waals surface area contributed by atoms with E-state index in [1.165, 1.54) is 16.8 Å². The van der Waals surface area contributed by atoms with Gasteiger partial charge in [0.1, 0.15) is 29.8 Å². The van der Waals surface area contributed by atoms with Crippen LogP contribution < -0.4 is 9.47 Å². The summed E-state index contributed by atoms with van der Waals surface area (Å²) in [4.78, 5) is 16.7. The maximum absolute atomic E-state index is 12.5. The summed E-state index contributed by atoms with van der Waals surface area (Å²) in [6, 6.07) is 12.8. The first-order valence-corrected chi connectivity index (χ1v) is 12.2. The zero-order valence-electron chi connectivity index (χ0n) is 19.0. The Bertz CT molecular complexity index is 1190. The van der Waals surface area contributed by atoms with Gasteiger partial charge in [-0.25, -0.2) is 0 Å². The lowest BCUT2D eigenvalue weighted by Crippen LogP contribution is -2.35. The molecular weight excluding hydrogens is 472 g/mol. The van der Waals surface area contributed by atoms with Gasteiger partial charge in [0.25, 0.3) is 5.91 Å². The number of ether oxygens (including phenoxy) is 2. The van der Waals surface area contributed by atoms with Gasteiger partial charge >= 0.3 is 0 Å². The highest BCUT2D eigenvalue weighted by Crippen LogP contribution is 2.30. The number of fused-ring (bicyclic) bond motifs is 1. The van der Waals surface area contributed by atoms with Crippen molar-refractivity contribution in [2.24, 2.45) is 10.1 Å². The number of thioether (sulfide) groups is 1. The van der Waals surface area contributed by atoms with Gasteiger partial charge in [0.2, 0.25) is 5.17 Å². The number of rotatable bonds is 9. The van der Waals surface area contributed by atoms with Crippen LogP contribution in [0.2, 0.25) is 5.02 Å². The predicted octanol–water partition coefficient (Wildman–Crippen LogP) is 5.92. The van der Waals surface area contributed by atoms with Crippen molar-refractivity contribution >= 4 is 51.4 Å². The molecule has 34 heavy (non-hydrogen) atoms. The second-order valence-corrected chi connectivity index (χ2v) is 9.24. The molecule has 0 fully saturated rings. The van der Waals surface area contributed by atoms with Crippen LogP contribution in [0.15, 0.2) is 58.1 Å². The van der Waals surface area contributed by atoms with Crippen molar-refractivity contribution in [1.29, 1.82) is 5.41 Å². The number of hydrogen-bond donors (Lipinski definition) is 1. The van der Waals surface area contributed by atoms with Crippen LogP contribution in [0.1, 0.15) is 37.3 Å². The van der Waals surface area contributed by atoms with Gasteiger partial charge < -0.3 is 9.47 Å². The minimum absolute atomic E-state index is 0.0453. The van der Waals surface area contributed by atoms with Crippen LogP contribution in [-0.2, 0) is 4.79 Å². The molecule has 2 aliphatic heterocycles. The van der Waals surface area contributed by atoms with Crippen molar-refractivity contribution in [3.05, 3.63) is 64.2 Å². The second-order valence-electron chi connectivity index (χ2n) is 7.79. The SMILES string of the molecule is CCCCC1=NN2C(=N)/C(=C\c3ccc(OCCOc4ccc(Cl)c(C)c4)cc3)C(=O)N=C2S1. The quantitative estimate of drug-likeness (QED) is 0.344. The Morgan fingerprint density at radius 3 is 2.53 bits per heavy atom. The first-order valence-electron chi connectivity index (χ1n) is 11.1. The summed E-state index contributed by atoms with van der Waals surface area (Å²) in [6.45, 7) is 4.82. The summed E-state index contributed by atoms with van der Waals surface area (Å²) in [5.41, 5.74) is 1.95. The Balaban J connectivity index is 1.34. The highest BCUT2D eigenvalue weighted by Gasteiger charge is 2.35. The molecule has 2 aromatic rings. The molecule has 0 radical (unpaired) electrons. The van der Waals surface area contributed by atoms with Gasteiger partial charge in [-0.05, 0) is 79.1 Å². The first-order chi connectivity index (χ1) is 16.4. The lowest BCUT2D eigenvalue weighted by atomic mass is 10.1. The van der Waals surface area contributed by atoms with Crippen LogP contribution in [0.4, 0.5) is 0 Å². The van der Waals surface area contributed by atoms with E-state index >= 15 is 0 Å². The standard InChI is InChI=1S/C25H25ClN4O3S/c1-3-4-5-22-29-30-23(27)20(24(31)28-25(30)34-22)15-17-6-8-18(9-7-17)32-12-13-33-19-10-11-21(26)16(2)14-19/h6-11,14-15,27H,3-5,12-13H2,1-2H3/b20-15+,27-23?. The van der Waals surface area contributed by atoms with Gasteiger partial charge in [-0.3, -0.25) is 10.2 Å². The van der Waals surface area contributed by atoms with Crippen molar-refractivity contribution in [2.45, 2.75) is 33.1 Å². The molecule has 4 rings (SSSR count). The number of aryl methyl sites for hydroxylation is 1. The number of hydrazone groups is 1. The summed E-state index contributed by atoms with van der Waals surface area (Å²) < 4.78 is 11.4. The number of benzene rings is 2. The maximum atomic E-state index is 12.5. The minimum atomic E-state index is -0.425. The monoisotopic (exact) mass is 496 g/mol. The Morgan fingerprint density at radius 1 is 1.12 bits per heavy atom. The van der Waals surface area contributed by atoms with Crippen LogP contribution in [0.25, 0.3) is 6.08 Å². The Morgan fingerprint density at radius 2 is 1.82 bits per heavy atom. The topological polar surface area (TPSA) is 87.3 Å². The van der Waals surface area contributed by atoms with Gasteiger partial charge in [0.15, 0.2) is 5.84 Å². The van der Waals surface area contributed by atoms with Crippen molar-refractivity contribution in [2.75, 3.05) is 13.2 Å². The Hall–Kier alpha value is -3.10. The van der Waals surface area contributed by atoms with E-state index in [2.05, 4.69) is 17.0 Å². The number of carbonyl (C=O) groups excluding carboxylic acids is 1. The summed E-state index contributed by atoms with van der Waals surface area (Å²) in [5.74, 6) is 1.05. The molecule has 176 valence electrons. The smallest absolute Gasteiger partial charge is 0.283 e. The molecule has 0 bridgehead atoms. The van der Waals surface area contributed by atoms with Crippen LogP contribution in [0.5, 0.6) is 11.5 Å². The van der Waals surface area contributed by atoms with Gasteiger partial charge in [-0.15, -0.1) is 0 Å². The average Bonchev–Trinajstić information content (AvgIpc) is 3.24. The summed E-state index contributed by atoms with van der Waals surface area (Å²) in [6.07, 6.45) is 4.55. The van der Waals surface area contributed by atoms with E-state index in [1.54, 1.807) is 6.08 Å². The van der Waals surface area contributed by atoms with E-state index in [4.69, 9.17) is 26.5 Å². The van der Waals surface area contributed by atoms with Crippen molar-refractivity contribution < 1.29 is 14.3 Å². The van der Waals surface area contributed by atoms with E-state index in [0.717, 1.165) is 41.2 Å². The third-order valence-electron chi connectivity index (χ3n) is 5.18. The van der Waals surface area contributed by atoms with E-state index < -0.39 is 5.91 Å². The molecule has 1 N–H and O–H groups in total. The van der Waals surface area contributed by atoms with Crippen LogP contribution in [0.3, 0.4) is 0 Å². The van der Waals surface area contributed by atoms with Crippen molar-refractivity contribution in [3.63, 3.8) is 0 Å². The largest absolute Gasteiger partial charge is 0.490 e. The lowest BCUT2D eigenvalue weighted by Gasteiger charge is -2.20. The van der Waals surface area contributed by atoms with E-state index in [9.17, 15) is 4.79 Å². The molecule has 2 aliphatic rings. The fourth-order valence-electron chi connectivity index (χ4n) is 3.31. The van der Waals surface area contributed by atoms with Gasteiger partial charge in [0, 0.05) is 5.02 Å². The third kappa shape index (κ3) is 5.69. The second kappa shape index (κ2) is 10.9. The zero-order valence-corrected chi connectivity index (χ0v) is 20.6. The number of amidine groups is 2. The molecule has 2 aromatic carbocycles. The molecule has 0 aromatic heterocycles. The lowest BCUT2D eigenvalue weighted by molar-refractivity contribution is -0.114. The van der Waals surface area contributed by atoms with E-state index in [1.807, 2.05) is 49.4 Å². The van der Waals surface area contributed by atoms with E-state index in [0.29, 0.717) is 29.2 Å². The van der Waals surface area contributed by atoms with Crippen molar-refractivity contribution in [1.82, 2.24) is 5.01 Å². The maximum Gasteiger partial charge on any atom is 0.283 e. The number of nitrogens with zero attached hydrogens (tertiary/aromatic N) is 3. The van der Waals surface area contributed by atoms with E-state index in [-0.39, 0.29) is 11.4 Å². The number of carbonyl (C=O) groups is 1. The molecule has 0 saturated heterocycles. The molecule has 0 atom stereocenters. The van der Waals surface area contributed by atoms with Crippen molar-refractivity contribution in [3.8, 4) is 11.5 Å². The van der Waals surface area contributed by atoms with Crippen LogP contribution in [0, 0.1) is 12.3 Å². The summed E-state index contributed by atoms with van der Waals surface area (Å²) in [7, 11) is 0. The average molecular weight is 497 g/mol. The Labute approximate surface area is 208 Å². The minimum Gasteiger partial charge on any atom is -0.490 e. The number of aliphatic imine (C=N–C) groups is 1. The third-order valence-corrected chi connectivity index (χ3v) is 6.57. The highest BCUT2D eigenvalue weighted by molar-refractivity contribution is 8.26. The molecule has 0 spiro atoms. The zero-order chi connectivity index (χ0) is 24.1. The molecule has 0 saturated carbocycles. The molecule has 0 unspecified atom stereocenters. The molecule has 1 amide bonds. The normalized spacial score (nSPS) is 16.4. The molecular formula is C25H25ClN4O3S. The number of amides is 1. The fraction of sp³-hybridized carbons (Fsp3) is 0.280. The first kappa shape index (κ1) is 24.0. The molecule has 2 heterocycles. The predicted molar refractivity (Wildman–Crippen MR) is 138 cm³/mol. The van der Waals surface area contributed by atoms with Crippen LogP contribution >= 0.6 is 23.4 Å². The molecule has 0 aliphatic carbocycles. The van der Waals surface area contributed by atoms with Gasteiger partial charge in [0.05, 0.1) is 5.57 Å². The highest BCUT2D eigenvalue weighted by atomic mass is 35.5. The summed E-state index contributed by atoms with van der Waals surface area (Å²) >= 11 is 7.39. The number of halogens is 1. The van der Waals surface area contributed by atoms with Crippen LogP contribution in [-0.4, -0.2) is 40.2 Å². The number of nitrogens with one attached hydrogen (secondary N) is 1. The fourth-order valence-corrected chi connectivity index (χ4v) is 4.36. The number of unbranched alkanes of at least 4 members (excludes halogenated alkanes) is 1. The molecule has 9 heteroatoms. The summed E-state index contributed by atoms with van der Waals surface area (Å²) in [5, 5.41) is 16.4. The van der Waals surface area contributed by atoms with Gasteiger partial charge in [-0.1, -0.05) is 37.1 Å². The van der Waals surface area contributed by atoms with Gasteiger partial charge in [-0.2, -0.15) is 15.1 Å². The Kier molecular flexibility index (Phi) is 7.70. The number of hydrogen-bond acceptors (Lipinski definition) is 6. The molecule has 7 nitrogen and oxygen atoms in total.